The summed E-state index contributed by atoms with van der Waals surface area (Å²) in [6, 6.07) is 5.61. The van der Waals surface area contributed by atoms with E-state index in [1.807, 2.05) is 39.0 Å². The van der Waals surface area contributed by atoms with E-state index in [9.17, 15) is 0 Å². The van der Waals surface area contributed by atoms with E-state index < -0.39 is 5.54 Å². The molecule has 0 bridgehead atoms. The monoisotopic (exact) mass is 217 g/mol. The minimum absolute atomic E-state index is 0.544. The number of nitrogens with two attached hydrogens (primary N) is 1. The van der Waals surface area contributed by atoms with Gasteiger partial charge in [0.15, 0.2) is 5.76 Å². The average molecular weight is 217 g/mol. The maximum Gasteiger partial charge on any atom is 0.152 e. The number of aryl methyl sites for hydroxylation is 1. The maximum atomic E-state index is 5.95. The van der Waals surface area contributed by atoms with Crippen molar-refractivity contribution in [3.8, 4) is 11.5 Å². The second-order valence-corrected chi connectivity index (χ2v) is 4.40. The van der Waals surface area contributed by atoms with Crippen molar-refractivity contribution >= 4 is 0 Å². The van der Waals surface area contributed by atoms with E-state index in [-0.39, 0.29) is 0 Å². The first-order valence-electron chi connectivity index (χ1n) is 5.16. The van der Waals surface area contributed by atoms with E-state index in [1.54, 1.807) is 6.20 Å². The molecule has 0 aliphatic carbocycles. The van der Waals surface area contributed by atoms with Crippen LogP contribution in [0.2, 0.25) is 0 Å². The van der Waals surface area contributed by atoms with Crippen molar-refractivity contribution in [3.05, 3.63) is 36.0 Å². The number of furan rings is 1. The fourth-order valence-corrected chi connectivity index (χ4v) is 1.38. The molecule has 2 aromatic rings. The highest BCUT2D eigenvalue weighted by Gasteiger charge is 2.18. The second kappa shape index (κ2) is 3.72. The number of aromatic nitrogens is 2. The zero-order chi connectivity index (χ0) is 11.8. The van der Waals surface area contributed by atoms with Crippen molar-refractivity contribution < 1.29 is 4.42 Å². The Hall–Kier alpha value is -1.68. The highest BCUT2D eigenvalue weighted by atomic mass is 16.3. The number of hydrogen-bond donors (Lipinski definition) is 1. The van der Waals surface area contributed by atoms with Crippen LogP contribution in [0, 0.1) is 6.92 Å². The predicted molar refractivity (Wildman–Crippen MR) is 61.7 cm³/mol. The van der Waals surface area contributed by atoms with Crippen molar-refractivity contribution in [3.63, 3.8) is 0 Å². The Bertz CT molecular complexity index is 497. The summed E-state index contributed by atoms with van der Waals surface area (Å²) in [7, 11) is 0. The molecule has 0 amide bonds. The van der Waals surface area contributed by atoms with Crippen LogP contribution < -0.4 is 5.73 Å². The molecule has 0 unspecified atom stereocenters. The van der Waals surface area contributed by atoms with Crippen LogP contribution in [0.25, 0.3) is 11.5 Å². The zero-order valence-corrected chi connectivity index (χ0v) is 9.69. The van der Waals surface area contributed by atoms with Gasteiger partial charge >= 0.3 is 0 Å². The normalized spacial score (nSPS) is 11.8. The van der Waals surface area contributed by atoms with Gasteiger partial charge in [-0.3, -0.25) is 0 Å². The lowest BCUT2D eigenvalue weighted by Crippen LogP contribution is -2.31. The molecule has 0 saturated carbocycles. The summed E-state index contributed by atoms with van der Waals surface area (Å²) in [5.41, 5.74) is 6.17. The fraction of sp³-hybridized carbons (Fsp3) is 0.333. The molecular formula is C12H15N3O. The third-order valence-electron chi connectivity index (χ3n) is 2.22. The van der Waals surface area contributed by atoms with E-state index in [0.29, 0.717) is 5.82 Å². The number of nitrogens with zero attached hydrogens (tertiary/aromatic N) is 2. The summed E-state index contributed by atoms with van der Waals surface area (Å²) in [6.45, 7) is 5.65. The SMILES string of the molecule is Cc1ccc(-c2ccnc(C(C)(C)N)n2)o1. The predicted octanol–water partition coefficient (Wildman–Crippen LogP) is 2.24. The van der Waals surface area contributed by atoms with Gasteiger partial charge in [-0.1, -0.05) is 0 Å². The van der Waals surface area contributed by atoms with Crippen molar-refractivity contribution in [1.82, 2.24) is 9.97 Å². The van der Waals surface area contributed by atoms with Crippen LogP contribution in [-0.2, 0) is 5.54 Å². The molecule has 2 rings (SSSR count). The Labute approximate surface area is 94.5 Å². The molecule has 2 N–H and O–H groups in total. The van der Waals surface area contributed by atoms with Crippen LogP contribution in [0.3, 0.4) is 0 Å². The Morgan fingerprint density at radius 3 is 2.56 bits per heavy atom. The molecule has 4 heteroatoms. The van der Waals surface area contributed by atoms with Gasteiger partial charge in [-0.2, -0.15) is 0 Å². The molecule has 0 aromatic carbocycles. The van der Waals surface area contributed by atoms with E-state index in [2.05, 4.69) is 9.97 Å². The number of hydrogen-bond acceptors (Lipinski definition) is 4. The van der Waals surface area contributed by atoms with Crippen LogP contribution >= 0.6 is 0 Å². The minimum atomic E-state index is -0.544. The largest absolute Gasteiger partial charge is 0.460 e. The first-order valence-corrected chi connectivity index (χ1v) is 5.16. The smallest absolute Gasteiger partial charge is 0.152 e. The number of rotatable bonds is 2. The maximum absolute atomic E-state index is 5.95. The van der Waals surface area contributed by atoms with Crippen LogP contribution in [0.15, 0.2) is 28.8 Å². The van der Waals surface area contributed by atoms with Crippen LogP contribution in [0.5, 0.6) is 0 Å². The highest BCUT2D eigenvalue weighted by molar-refractivity contribution is 5.51. The van der Waals surface area contributed by atoms with E-state index >= 15 is 0 Å². The molecule has 84 valence electrons. The van der Waals surface area contributed by atoms with Crippen molar-refractivity contribution in [2.24, 2.45) is 5.73 Å². The Balaban J connectivity index is 2.44. The van der Waals surface area contributed by atoms with Gasteiger partial charge in [0.05, 0.1) is 5.54 Å². The molecule has 0 fully saturated rings. The van der Waals surface area contributed by atoms with Gasteiger partial charge in [0.2, 0.25) is 0 Å². The summed E-state index contributed by atoms with van der Waals surface area (Å²) in [4.78, 5) is 8.56. The first-order chi connectivity index (χ1) is 7.47. The average Bonchev–Trinajstić information content (AvgIpc) is 2.64. The summed E-state index contributed by atoms with van der Waals surface area (Å²) < 4.78 is 5.51. The highest BCUT2D eigenvalue weighted by Crippen LogP contribution is 2.21. The topological polar surface area (TPSA) is 64.9 Å². The molecule has 2 heterocycles. The Morgan fingerprint density at radius 1 is 1.25 bits per heavy atom. The molecule has 0 aliphatic heterocycles. The van der Waals surface area contributed by atoms with Crippen molar-refractivity contribution in [2.75, 3.05) is 0 Å². The summed E-state index contributed by atoms with van der Waals surface area (Å²) >= 11 is 0. The molecule has 2 aromatic heterocycles. The quantitative estimate of drug-likeness (QED) is 0.837. The summed E-state index contributed by atoms with van der Waals surface area (Å²) in [5, 5.41) is 0. The van der Waals surface area contributed by atoms with Gasteiger partial charge < -0.3 is 10.2 Å². The van der Waals surface area contributed by atoms with Gasteiger partial charge in [-0.15, -0.1) is 0 Å². The lowest BCUT2D eigenvalue weighted by molar-refractivity contribution is 0.510. The Morgan fingerprint density at radius 2 is 2.00 bits per heavy atom. The molecule has 0 atom stereocenters. The minimum Gasteiger partial charge on any atom is -0.460 e. The first kappa shape index (κ1) is 10.8. The third-order valence-corrected chi connectivity index (χ3v) is 2.22. The van der Waals surface area contributed by atoms with Gasteiger partial charge in [0.25, 0.3) is 0 Å². The fourth-order valence-electron chi connectivity index (χ4n) is 1.38. The molecular weight excluding hydrogens is 202 g/mol. The standard InChI is InChI=1S/C12H15N3O/c1-8-4-5-10(16-8)9-6-7-14-11(15-9)12(2,3)13/h4-7H,13H2,1-3H3. The van der Waals surface area contributed by atoms with Gasteiger partial charge in [0.1, 0.15) is 17.3 Å². The molecule has 0 aliphatic rings. The summed E-state index contributed by atoms with van der Waals surface area (Å²) in [6.07, 6.45) is 1.70. The van der Waals surface area contributed by atoms with Gasteiger partial charge in [-0.25, -0.2) is 9.97 Å². The van der Waals surface area contributed by atoms with Crippen molar-refractivity contribution in [2.45, 2.75) is 26.3 Å². The summed E-state index contributed by atoms with van der Waals surface area (Å²) in [5.74, 6) is 2.21. The molecule has 0 radical (unpaired) electrons. The molecule has 4 nitrogen and oxygen atoms in total. The van der Waals surface area contributed by atoms with Crippen LogP contribution in [0.1, 0.15) is 25.4 Å². The lowest BCUT2D eigenvalue weighted by atomic mass is 10.1. The lowest BCUT2D eigenvalue weighted by Gasteiger charge is -2.16. The van der Waals surface area contributed by atoms with E-state index in [1.165, 1.54) is 0 Å². The molecule has 16 heavy (non-hydrogen) atoms. The van der Waals surface area contributed by atoms with Gasteiger partial charge in [-0.05, 0) is 39.0 Å². The van der Waals surface area contributed by atoms with Crippen LogP contribution in [-0.4, -0.2) is 9.97 Å². The Kier molecular flexibility index (Phi) is 2.52. The molecule has 0 spiro atoms. The van der Waals surface area contributed by atoms with E-state index in [4.69, 9.17) is 10.2 Å². The van der Waals surface area contributed by atoms with E-state index in [0.717, 1.165) is 17.2 Å². The van der Waals surface area contributed by atoms with Gasteiger partial charge in [0, 0.05) is 6.20 Å². The zero-order valence-electron chi connectivity index (χ0n) is 9.69. The second-order valence-electron chi connectivity index (χ2n) is 4.40. The third kappa shape index (κ3) is 2.12. The van der Waals surface area contributed by atoms with Crippen LogP contribution in [0.4, 0.5) is 0 Å². The molecule has 0 saturated heterocycles. The van der Waals surface area contributed by atoms with Crippen molar-refractivity contribution in [1.29, 1.82) is 0 Å².